The first-order valence-electron chi connectivity index (χ1n) is 17.6. The van der Waals surface area contributed by atoms with Crippen LogP contribution in [0.25, 0.3) is 10.8 Å². The molecule has 0 aliphatic carbocycles. The molecule has 0 radical (unpaired) electrons. The Hall–Kier alpha value is -6.27. The highest BCUT2D eigenvalue weighted by atomic mass is 32.2. The van der Waals surface area contributed by atoms with Gasteiger partial charge in [0.05, 0.1) is 36.0 Å². The highest BCUT2D eigenvalue weighted by Crippen LogP contribution is 2.45. The molecule has 336 valence electrons. The third-order valence-corrected chi connectivity index (χ3v) is 11.3. The second-order valence-corrected chi connectivity index (χ2v) is 17.5. The zero-order valence-corrected chi connectivity index (χ0v) is 35.0. The standard InChI is InChI=1S/C36H37N7O17S3/c1-17-5-27(30(59-15-21(46)13-44)11-25(17)39-38-20-3-4-29(48)33(9-20)62(53,54)55)41-40-26-12-31(60-16-22(47)14-45)28(6-18(26)2)42-43-35-34(63(56,57)58)8-19-7-32(61(50,51)52)24(37)10-23(19)36(35)49/h3-12,21-22,44-49H,13-16,37H2,1-2H3,(H,50,51,52)(H,53,54,55)(H,56,57,58). The fourth-order valence-corrected chi connectivity index (χ4v) is 7.30. The molecule has 0 aromatic heterocycles. The zero-order chi connectivity index (χ0) is 46.6. The number of rotatable bonds is 17. The molecule has 5 aromatic carbocycles. The summed E-state index contributed by atoms with van der Waals surface area (Å²) in [5, 5.41) is 83.6. The van der Waals surface area contributed by atoms with E-state index >= 15 is 0 Å². The molecule has 5 rings (SSSR count). The number of nitrogens with zero attached hydrogens (tertiary/aromatic N) is 6. The van der Waals surface area contributed by atoms with Crippen molar-refractivity contribution < 1.29 is 79.0 Å². The van der Waals surface area contributed by atoms with E-state index < -0.39 is 107 Å². The van der Waals surface area contributed by atoms with Gasteiger partial charge in [-0.1, -0.05) is 0 Å². The quantitative estimate of drug-likeness (QED) is 0.0336. The van der Waals surface area contributed by atoms with Crippen molar-refractivity contribution in [3.05, 3.63) is 71.8 Å². The number of ether oxygens (including phenoxy) is 2. The minimum absolute atomic E-state index is 0.0402. The molecule has 0 spiro atoms. The van der Waals surface area contributed by atoms with Gasteiger partial charge in [0.2, 0.25) is 0 Å². The van der Waals surface area contributed by atoms with E-state index in [-0.39, 0.29) is 50.7 Å². The molecule has 0 amide bonds. The SMILES string of the molecule is Cc1cc(N=Nc2cc(OCC(O)CO)c(N=Nc3c(S(=O)(=O)O)cc4cc(S(=O)(=O)O)c(N)cc4c3O)cc2C)c(OCC(O)CO)cc1N=Nc1ccc(O)c(S(=O)(=O)O)c1. The Morgan fingerprint density at radius 2 is 1.05 bits per heavy atom. The molecule has 0 saturated carbocycles. The van der Waals surface area contributed by atoms with Crippen molar-refractivity contribution in [2.24, 2.45) is 30.7 Å². The van der Waals surface area contributed by atoms with E-state index in [1.54, 1.807) is 6.92 Å². The van der Waals surface area contributed by atoms with Crippen molar-refractivity contribution in [2.45, 2.75) is 40.7 Å². The third kappa shape index (κ3) is 11.6. The monoisotopic (exact) mass is 935 g/mol. The number of benzene rings is 5. The molecule has 0 aliphatic heterocycles. The van der Waals surface area contributed by atoms with Gasteiger partial charge in [-0.3, -0.25) is 13.7 Å². The number of nitrogens with two attached hydrogens (primary N) is 1. The summed E-state index contributed by atoms with van der Waals surface area (Å²) in [5.41, 5.74) is 5.17. The summed E-state index contributed by atoms with van der Waals surface area (Å²) in [6.07, 6.45) is -2.72. The number of azo groups is 3. The Bertz CT molecular complexity index is 3020. The summed E-state index contributed by atoms with van der Waals surface area (Å²) < 4.78 is 112. The van der Waals surface area contributed by atoms with Crippen LogP contribution in [-0.4, -0.2) is 108 Å². The van der Waals surface area contributed by atoms with Gasteiger partial charge in [0.1, 0.15) is 74.4 Å². The maximum Gasteiger partial charge on any atom is 0.298 e. The largest absolute Gasteiger partial charge is 0.506 e. The van der Waals surface area contributed by atoms with Crippen LogP contribution in [0.2, 0.25) is 0 Å². The Morgan fingerprint density at radius 1 is 0.587 bits per heavy atom. The van der Waals surface area contributed by atoms with E-state index in [9.17, 15) is 69.6 Å². The lowest BCUT2D eigenvalue weighted by molar-refractivity contribution is 0.0538. The Kier molecular flexibility index (Phi) is 14.4. The number of hydrogen-bond acceptors (Lipinski definition) is 21. The van der Waals surface area contributed by atoms with Gasteiger partial charge in [-0.05, 0) is 78.9 Å². The number of fused-ring (bicyclic) bond motifs is 1. The lowest BCUT2D eigenvalue weighted by atomic mass is 10.1. The normalized spacial score (nSPS) is 13.7. The molecule has 63 heavy (non-hydrogen) atoms. The van der Waals surface area contributed by atoms with Crippen molar-refractivity contribution in [3.63, 3.8) is 0 Å². The number of aromatic hydroxyl groups is 2. The number of anilines is 1. The number of phenols is 2. The molecular formula is C36H37N7O17S3. The topological polar surface area (TPSA) is 403 Å². The second-order valence-electron chi connectivity index (χ2n) is 13.4. The molecule has 0 bridgehead atoms. The van der Waals surface area contributed by atoms with Crippen LogP contribution in [0.1, 0.15) is 11.1 Å². The second kappa shape index (κ2) is 19.0. The van der Waals surface area contributed by atoms with Gasteiger partial charge in [-0.15, -0.1) is 15.3 Å². The number of aryl methyl sites for hydroxylation is 2. The number of nitrogen functional groups attached to an aromatic ring is 1. The van der Waals surface area contributed by atoms with Gasteiger partial charge in [0.15, 0.2) is 5.75 Å². The van der Waals surface area contributed by atoms with Gasteiger partial charge >= 0.3 is 0 Å². The fraction of sp³-hybridized carbons (Fsp3) is 0.222. The van der Waals surface area contributed by atoms with E-state index in [1.165, 1.54) is 37.3 Å². The molecule has 0 aliphatic rings. The lowest BCUT2D eigenvalue weighted by Crippen LogP contribution is -2.21. The molecule has 5 aromatic rings. The summed E-state index contributed by atoms with van der Waals surface area (Å²) in [7, 11) is -14.9. The zero-order valence-electron chi connectivity index (χ0n) is 32.5. The first-order valence-corrected chi connectivity index (χ1v) is 22.0. The first-order chi connectivity index (χ1) is 29.4. The summed E-state index contributed by atoms with van der Waals surface area (Å²) in [6, 6.07) is 10.9. The molecule has 2 unspecified atom stereocenters. The van der Waals surface area contributed by atoms with E-state index in [2.05, 4.69) is 30.7 Å². The maximum atomic E-state index is 12.4. The minimum atomic E-state index is -5.20. The first kappa shape index (κ1) is 47.8. The number of hydrogen-bond donors (Lipinski definition) is 10. The van der Waals surface area contributed by atoms with Crippen molar-refractivity contribution in [3.8, 4) is 23.0 Å². The molecule has 0 fully saturated rings. The summed E-state index contributed by atoms with van der Waals surface area (Å²) in [4.78, 5) is -2.64. The van der Waals surface area contributed by atoms with Crippen molar-refractivity contribution >= 4 is 80.9 Å². The van der Waals surface area contributed by atoms with Crippen LogP contribution in [0.4, 0.5) is 39.8 Å². The Labute approximate surface area is 357 Å². The van der Waals surface area contributed by atoms with Crippen molar-refractivity contribution in [1.29, 1.82) is 0 Å². The van der Waals surface area contributed by atoms with E-state index in [0.717, 1.165) is 30.3 Å². The maximum absolute atomic E-state index is 12.4. The number of phenolic OH excluding ortho intramolecular Hbond substituents is 2. The number of aliphatic hydroxyl groups excluding tert-OH is 4. The number of aliphatic hydroxyl groups is 4. The summed E-state index contributed by atoms with van der Waals surface area (Å²) in [6.45, 7) is 0.802. The van der Waals surface area contributed by atoms with Crippen LogP contribution < -0.4 is 15.2 Å². The van der Waals surface area contributed by atoms with Crippen LogP contribution in [-0.2, 0) is 30.4 Å². The van der Waals surface area contributed by atoms with Crippen LogP contribution in [0, 0.1) is 13.8 Å². The fourth-order valence-electron chi connectivity index (χ4n) is 5.41. The molecule has 27 heteroatoms. The minimum Gasteiger partial charge on any atom is -0.506 e. The average molecular weight is 936 g/mol. The van der Waals surface area contributed by atoms with Crippen LogP contribution in [0.5, 0.6) is 23.0 Å². The predicted molar refractivity (Wildman–Crippen MR) is 220 cm³/mol. The summed E-state index contributed by atoms with van der Waals surface area (Å²) in [5.74, 6) is -1.87. The molecular weight excluding hydrogens is 899 g/mol. The van der Waals surface area contributed by atoms with E-state index in [4.69, 9.17) is 15.2 Å². The average Bonchev–Trinajstić information content (AvgIpc) is 3.20. The summed E-state index contributed by atoms with van der Waals surface area (Å²) >= 11 is 0. The smallest absolute Gasteiger partial charge is 0.298 e. The van der Waals surface area contributed by atoms with Crippen LogP contribution >= 0.6 is 0 Å². The predicted octanol–water partition coefficient (Wildman–Crippen LogP) is 4.90. The van der Waals surface area contributed by atoms with Crippen molar-refractivity contribution in [2.75, 3.05) is 32.2 Å². The molecule has 2 atom stereocenters. The van der Waals surface area contributed by atoms with E-state index in [0.29, 0.717) is 11.1 Å². The molecule has 0 saturated heterocycles. The Balaban J connectivity index is 1.58. The van der Waals surface area contributed by atoms with Gasteiger partial charge < -0.3 is 45.8 Å². The highest BCUT2D eigenvalue weighted by Gasteiger charge is 2.25. The lowest BCUT2D eigenvalue weighted by Gasteiger charge is -2.14. The van der Waals surface area contributed by atoms with Crippen LogP contribution in [0.15, 0.2) is 106 Å². The highest BCUT2D eigenvalue weighted by molar-refractivity contribution is 7.86. The van der Waals surface area contributed by atoms with Gasteiger partial charge in [0, 0.05) is 17.5 Å². The molecule has 0 heterocycles. The van der Waals surface area contributed by atoms with Gasteiger partial charge in [-0.25, -0.2) is 0 Å². The van der Waals surface area contributed by atoms with E-state index in [1.807, 2.05) is 0 Å². The third-order valence-electron chi connectivity index (χ3n) is 8.59. The van der Waals surface area contributed by atoms with Gasteiger partial charge in [-0.2, -0.15) is 40.6 Å². The Morgan fingerprint density at radius 3 is 1.54 bits per heavy atom. The molecule has 11 N–H and O–H groups in total. The van der Waals surface area contributed by atoms with Crippen LogP contribution in [0.3, 0.4) is 0 Å². The van der Waals surface area contributed by atoms with Crippen molar-refractivity contribution in [1.82, 2.24) is 0 Å². The van der Waals surface area contributed by atoms with Gasteiger partial charge in [0.25, 0.3) is 30.4 Å². The molecule has 24 nitrogen and oxygen atoms in total.